The molecule has 0 saturated carbocycles. The molecule has 0 fully saturated rings. The molecule has 0 atom stereocenters. The molecular formula is C11H10BrN3O. The number of hydrogen-bond donors (Lipinski definition) is 0. The fourth-order valence-electron chi connectivity index (χ4n) is 1.45. The van der Waals surface area contributed by atoms with Crippen LogP contribution < -0.4 is 0 Å². The first-order chi connectivity index (χ1) is 7.74. The Morgan fingerprint density at radius 1 is 1.50 bits per heavy atom. The molecule has 2 rings (SSSR count). The molecule has 0 radical (unpaired) electrons. The molecule has 5 heteroatoms. The van der Waals surface area contributed by atoms with Gasteiger partial charge in [0, 0.05) is 12.7 Å². The Labute approximate surface area is 101 Å². The first-order valence-electron chi connectivity index (χ1n) is 4.91. The van der Waals surface area contributed by atoms with Crippen LogP contribution in [-0.4, -0.2) is 20.5 Å². The molecule has 0 aromatic carbocycles. The van der Waals surface area contributed by atoms with Crippen LogP contribution in [0.4, 0.5) is 0 Å². The van der Waals surface area contributed by atoms with Gasteiger partial charge in [0.25, 0.3) is 0 Å². The maximum Gasteiger partial charge on any atom is 0.230 e. The van der Waals surface area contributed by atoms with Gasteiger partial charge in [-0.05, 0) is 35.0 Å². The Kier molecular flexibility index (Phi) is 3.14. The summed E-state index contributed by atoms with van der Waals surface area (Å²) < 4.78 is 2.35. The second-order valence-electron chi connectivity index (χ2n) is 3.20. The second kappa shape index (κ2) is 4.57. The monoisotopic (exact) mass is 279 g/mol. The lowest BCUT2D eigenvalue weighted by Gasteiger charge is -2.03. The highest BCUT2D eigenvalue weighted by Gasteiger charge is 2.18. The summed E-state index contributed by atoms with van der Waals surface area (Å²) >= 11 is 3.32. The highest BCUT2D eigenvalue weighted by molar-refractivity contribution is 9.10. The molecule has 16 heavy (non-hydrogen) atoms. The molecule has 2 heterocycles. The van der Waals surface area contributed by atoms with E-state index < -0.39 is 0 Å². The third-order valence-electron chi connectivity index (χ3n) is 2.21. The zero-order valence-corrected chi connectivity index (χ0v) is 10.3. The average Bonchev–Trinajstić information content (AvgIpc) is 2.70. The number of rotatable bonds is 3. The van der Waals surface area contributed by atoms with Gasteiger partial charge in [-0.2, -0.15) is 5.10 Å². The summed E-state index contributed by atoms with van der Waals surface area (Å²) in [4.78, 5) is 16.2. The molecule has 0 spiro atoms. The van der Waals surface area contributed by atoms with E-state index in [9.17, 15) is 4.79 Å². The van der Waals surface area contributed by atoms with Gasteiger partial charge in [0.05, 0.1) is 10.7 Å². The number of hydrogen-bond acceptors (Lipinski definition) is 3. The van der Waals surface area contributed by atoms with Crippen LogP contribution in [-0.2, 0) is 6.54 Å². The van der Waals surface area contributed by atoms with E-state index in [2.05, 4.69) is 26.0 Å². The van der Waals surface area contributed by atoms with Crippen LogP contribution in [0, 0.1) is 0 Å². The van der Waals surface area contributed by atoms with Gasteiger partial charge in [0.15, 0.2) is 0 Å². The van der Waals surface area contributed by atoms with E-state index >= 15 is 0 Å². The maximum absolute atomic E-state index is 12.2. The smallest absolute Gasteiger partial charge is 0.230 e. The van der Waals surface area contributed by atoms with Crippen molar-refractivity contribution in [1.29, 1.82) is 0 Å². The number of aromatic nitrogens is 3. The molecule has 0 N–H and O–H groups in total. The minimum absolute atomic E-state index is 0.119. The van der Waals surface area contributed by atoms with Gasteiger partial charge in [-0.3, -0.25) is 14.5 Å². The van der Waals surface area contributed by atoms with Crippen molar-refractivity contribution >= 4 is 21.7 Å². The van der Waals surface area contributed by atoms with Gasteiger partial charge in [0.2, 0.25) is 5.78 Å². The van der Waals surface area contributed by atoms with Crippen molar-refractivity contribution in [2.75, 3.05) is 0 Å². The summed E-state index contributed by atoms with van der Waals surface area (Å²) in [6.45, 7) is 2.59. The lowest BCUT2D eigenvalue weighted by molar-refractivity contribution is 0.102. The third kappa shape index (κ3) is 1.90. The normalized spacial score (nSPS) is 10.4. The Bertz CT molecular complexity index is 507. The van der Waals surface area contributed by atoms with Crippen LogP contribution in [0.1, 0.15) is 23.1 Å². The Morgan fingerprint density at radius 3 is 2.94 bits per heavy atom. The summed E-state index contributed by atoms with van der Waals surface area (Å²) in [6, 6.07) is 5.27. The first kappa shape index (κ1) is 11.0. The fraction of sp³-hybridized carbons (Fsp3) is 0.182. The van der Waals surface area contributed by atoms with E-state index in [1.165, 1.54) is 0 Å². The third-order valence-corrected chi connectivity index (χ3v) is 2.79. The van der Waals surface area contributed by atoms with Crippen LogP contribution in [0.3, 0.4) is 0 Å². The number of carbonyl (C=O) groups excluding carboxylic acids is 1. The Balaban J connectivity index is 2.45. The SMILES string of the molecule is CCn1ncc(Br)c1C(=O)c1ccccn1. The van der Waals surface area contributed by atoms with Crippen LogP contribution in [0.2, 0.25) is 0 Å². The van der Waals surface area contributed by atoms with Gasteiger partial charge in [-0.25, -0.2) is 0 Å². The number of ketones is 1. The van der Waals surface area contributed by atoms with E-state index in [4.69, 9.17) is 0 Å². The zero-order valence-electron chi connectivity index (χ0n) is 8.72. The molecule has 0 amide bonds. The average molecular weight is 280 g/mol. The van der Waals surface area contributed by atoms with Crippen molar-refractivity contribution in [1.82, 2.24) is 14.8 Å². The van der Waals surface area contributed by atoms with Gasteiger partial charge in [-0.15, -0.1) is 0 Å². The largest absolute Gasteiger partial charge is 0.285 e. The number of pyridine rings is 1. The van der Waals surface area contributed by atoms with Crippen molar-refractivity contribution in [3.05, 3.63) is 46.5 Å². The van der Waals surface area contributed by atoms with Crippen LogP contribution in [0.15, 0.2) is 35.1 Å². The highest BCUT2D eigenvalue weighted by Crippen LogP contribution is 2.18. The predicted molar refractivity (Wildman–Crippen MR) is 63.3 cm³/mol. The number of halogens is 1. The molecule has 0 unspecified atom stereocenters. The van der Waals surface area contributed by atoms with Gasteiger partial charge in [-0.1, -0.05) is 6.07 Å². The van der Waals surface area contributed by atoms with Crippen molar-refractivity contribution in [2.45, 2.75) is 13.5 Å². The van der Waals surface area contributed by atoms with Crippen LogP contribution in [0.5, 0.6) is 0 Å². The molecule has 4 nitrogen and oxygen atoms in total. The lowest BCUT2D eigenvalue weighted by atomic mass is 10.2. The summed E-state index contributed by atoms with van der Waals surface area (Å²) in [6.07, 6.45) is 3.23. The van der Waals surface area contributed by atoms with Gasteiger partial charge in [0.1, 0.15) is 11.4 Å². The number of nitrogens with zero attached hydrogens (tertiary/aromatic N) is 3. The van der Waals surface area contributed by atoms with Crippen LogP contribution >= 0.6 is 15.9 Å². The van der Waals surface area contributed by atoms with E-state index in [1.54, 1.807) is 35.3 Å². The van der Waals surface area contributed by atoms with Crippen molar-refractivity contribution in [3.8, 4) is 0 Å². The lowest BCUT2D eigenvalue weighted by Crippen LogP contribution is -2.12. The highest BCUT2D eigenvalue weighted by atomic mass is 79.9. The zero-order chi connectivity index (χ0) is 11.5. The van der Waals surface area contributed by atoms with Gasteiger partial charge < -0.3 is 0 Å². The standard InChI is InChI=1S/C11H10BrN3O/c1-2-15-10(8(12)7-14-15)11(16)9-5-3-4-6-13-9/h3-7H,2H2,1H3. The molecular weight excluding hydrogens is 270 g/mol. The minimum atomic E-state index is -0.119. The second-order valence-corrected chi connectivity index (χ2v) is 4.06. The Hall–Kier alpha value is -1.49. The van der Waals surface area contributed by atoms with Crippen molar-refractivity contribution < 1.29 is 4.79 Å². The molecule has 2 aromatic rings. The summed E-state index contributed by atoms with van der Waals surface area (Å²) in [7, 11) is 0. The molecule has 0 saturated heterocycles. The molecule has 0 aliphatic rings. The molecule has 0 bridgehead atoms. The van der Waals surface area contributed by atoms with E-state index in [1.807, 2.05) is 6.92 Å². The van der Waals surface area contributed by atoms with Crippen molar-refractivity contribution in [3.63, 3.8) is 0 Å². The minimum Gasteiger partial charge on any atom is -0.285 e. The molecule has 0 aliphatic carbocycles. The molecule has 2 aromatic heterocycles. The first-order valence-corrected chi connectivity index (χ1v) is 5.70. The summed E-state index contributed by atoms with van der Waals surface area (Å²) in [5.74, 6) is -0.119. The quantitative estimate of drug-likeness (QED) is 0.810. The van der Waals surface area contributed by atoms with E-state index in [0.29, 0.717) is 22.4 Å². The Morgan fingerprint density at radius 2 is 2.31 bits per heavy atom. The van der Waals surface area contributed by atoms with Crippen LogP contribution in [0.25, 0.3) is 0 Å². The topological polar surface area (TPSA) is 47.8 Å². The maximum atomic E-state index is 12.2. The predicted octanol–water partition coefficient (Wildman–Crippen LogP) is 2.29. The van der Waals surface area contributed by atoms with Gasteiger partial charge >= 0.3 is 0 Å². The number of aryl methyl sites for hydroxylation is 1. The fourth-order valence-corrected chi connectivity index (χ4v) is 1.92. The summed E-state index contributed by atoms with van der Waals surface area (Å²) in [5.41, 5.74) is 0.972. The summed E-state index contributed by atoms with van der Waals surface area (Å²) in [5, 5.41) is 4.10. The number of carbonyl (C=O) groups is 1. The molecule has 82 valence electrons. The van der Waals surface area contributed by atoms with Crippen molar-refractivity contribution in [2.24, 2.45) is 0 Å². The molecule has 0 aliphatic heterocycles. The van der Waals surface area contributed by atoms with E-state index in [-0.39, 0.29) is 5.78 Å². The van der Waals surface area contributed by atoms with E-state index in [0.717, 1.165) is 0 Å².